The van der Waals surface area contributed by atoms with Crippen molar-refractivity contribution < 1.29 is 9.47 Å². The van der Waals surface area contributed by atoms with Crippen molar-refractivity contribution in [2.24, 2.45) is 0 Å². The van der Waals surface area contributed by atoms with Crippen LogP contribution in [0, 0.1) is 0 Å². The molecule has 3 nitrogen and oxygen atoms in total. The third kappa shape index (κ3) is 3.73. The van der Waals surface area contributed by atoms with Crippen LogP contribution in [-0.4, -0.2) is 14.2 Å². The molecule has 0 aliphatic rings. The second-order valence-electron chi connectivity index (χ2n) is 4.26. The van der Waals surface area contributed by atoms with E-state index in [2.05, 4.69) is 17.4 Å². The molecule has 2 aromatic carbocycles. The highest BCUT2D eigenvalue weighted by Crippen LogP contribution is 2.19. The highest BCUT2D eigenvalue weighted by Gasteiger charge is 2.02. The molecular formula is C16H19NO2. The molecular weight excluding hydrogens is 238 g/mol. The summed E-state index contributed by atoms with van der Waals surface area (Å²) in [6.07, 6.45) is 0. The first-order valence-corrected chi connectivity index (χ1v) is 6.31. The topological polar surface area (TPSA) is 30.5 Å². The van der Waals surface area contributed by atoms with Gasteiger partial charge in [0, 0.05) is 6.54 Å². The number of rotatable bonds is 6. The van der Waals surface area contributed by atoms with Crippen LogP contribution >= 0.6 is 0 Å². The first kappa shape index (κ1) is 13.4. The van der Waals surface area contributed by atoms with Gasteiger partial charge in [-0.1, -0.05) is 24.3 Å². The van der Waals surface area contributed by atoms with Crippen molar-refractivity contribution in [3.63, 3.8) is 0 Å². The second kappa shape index (κ2) is 6.81. The fourth-order valence-corrected chi connectivity index (χ4v) is 1.89. The highest BCUT2D eigenvalue weighted by atomic mass is 16.5. The quantitative estimate of drug-likeness (QED) is 0.863. The van der Waals surface area contributed by atoms with Crippen molar-refractivity contribution in [1.82, 2.24) is 5.32 Å². The molecule has 0 bridgehead atoms. The average Bonchev–Trinajstić information content (AvgIpc) is 2.47. The van der Waals surface area contributed by atoms with Crippen LogP contribution in [0.2, 0.25) is 0 Å². The Bertz CT molecular complexity index is 508. The number of hydrogen-bond acceptors (Lipinski definition) is 3. The van der Waals surface area contributed by atoms with Gasteiger partial charge in [-0.2, -0.15) is 0 Å². The molecule has 0 aromatic heterocycles. The van der Waals surface area contributed by atoms with Crippen LogP contribution in [0.4, 0.5) is 0 Å². The molecule has 0 saturated carbocycles. The van der Waals surface area contributed by atoms with Gasteiger partial charge in [-0.25, -0.2) is 0 Å². The van der Waals surface area contributed by atoms with E-state index in [0.717, 1.165) is 18.0 Å². The number of methoxy groups -OCH3 is 1. The third-order valence-electron chi connectivity index (χ3n) is 2.94. The molecule has 0 aliphatic heterocycles. The SMILES string of the molecule is CNCc1ccccc1COc1ccc(OC)cc1. The summed E-state index contributed by atoms with van der Waals surface area (Å²) in [5.74, 6) is 1.68. The fraction of sp³-hybridized carbons (Fsp3) is 0.250. The lowest BCUT2D eigenvalue weighted by molar-refractivity contribution is 0.304. The van der Waals surface area contributed by atoms with Crippen LogP contribution < -0.4 is 14.8 Å². The molecule has 1 N–H and O–H groups in total. The van der Waals surface area contributed by atoms with Gasteiger partial charge in [-0.05, 0) is 42.4 Å². The van der Waals surface area contributed by atoms with Crippen molar-refractivity contribution in [2.75, 3.05) is 14.2 Å². The van der Waals surface area contributed by atoms with Crippen molar-refractivity contribution in [3.8, 4) is 11.5 Å². The largest absolute Gasteiger partial charge is 0.497 e. The van der Waals surface area contributed by atoms with Crippen molar-refractivity contribution in [3.05, 3.63) is 59.7 Å². The Hall–Kier alpha value is -2.00. The van der Waals surface area contributed by atoms with Gasteiger partial charge in [0.25, 0.3) is 0 Å². The molecule has 100 valence electrons. The van der Waals surface area contributed by atoms with Gasteiger partial charge in [0.1, 0.15) is 18.1 Å². The Kier molecular flexibility index (Phi) is 4.81. The average molecular weight is 257 g/mol. The molecule has 2 aromatic rings. The van der Waals surface area contributed by atoms with Crippen LogP contribution in [0.15, 0.2) is 48.5 Å². The molecule has 0 amide bonds. The summed E-state index contributed by atoms with van der Waals surface area (Å²) in [6.45, 7) is 1.42. The van der Waals surface area contributed by atoms with E-state index in [4.69, 9.17) is 9.47 Å². The minimum absolute atomic E-state index is 0.574. The van der Waals surface area contributed by atoms with E-state index in [1.807, 2.05) is 43.4 Å². The van der Waals surface area contributed by atoms with Crippen molar-refractivity contribution in [2.45, 2.75) is 13.2 Å². The zero-order valence-corrected chi connectivity index (χ0v) is 11.3. The number of hydrogen-bond donors (Lipinski definition) is 1. The molecule has 0 heterocycles. The van der Waals surface area contributed by atoms with E-state index in [-0.39, 0.29) is 0 Å². The van der Waals surface area contributed by atoms with Crippen molar-refractivity contribution in [1.29, 1.82) is 0 Å². The summed E-state index contributed by atoms with van der Waals surface area (Å²) in [7, 11) is 3.60. The second-order valence-corrected chi connectivity index (χ2v) is 4.26. The van der Waals surface area contributed by atoms with Crippen molar-refractivity contribution >= 4 is 0 Å². The number of ether oxygens (including phenoxy) is 2. The van der Waals surface area contributed by atoms with Crippen LogP contribution in [0.5, 0.6) is 11.5 Å². The monoisotopic (exact) mass is 257 g/mol. The van der Waals surface area contributed by atoms with Gasteiger partial charge in [-0.3, -0.25) is 0 Å². The molecule has 0 atom stereocenters. The molecule has 0 fully saturated rings. The maximum absolute atomic E-state index is 5.80. The van der Waals surface area contributed by atoms with Gasteiger partial charge >= 0.3 is 0 Å². The molecule has 19 heavy (non-hydrogen) atoms. The Morgan fingerprint density at radius 1 is 0.895 bits per heavy atom. The zero-order valence-electron chi connectivity index (χ0n) is 11.3. The normalized spacial score (nSPS) is 10.2. The summed E-state index contributed by atoms with van der Waals surface area (Å²) in [6, 6.07) is 15.9. The van der Waals surface area contributed by atoms with Crippen LogP contribution in [0.1, 0.15) is 11.1 Å². The van der Waals surface area contributed by atoms with Gasteiger partial charge < -0.3 is 14.8 Å². The van der Waals surface area contributed by atoms with E-state index in [1.165, 1.54) is 11.1 Å². The van der Waals surface area contributed by atoms with E-state index in [1.54, 1.807) is 7.11 Å². The maximum atomic E-state index is 5.80. The molecule has 0 saturated heterocycles. The zero-order chi connectivity index (χ0) is 13.5. The molecule has 0 unspecified atom stereocenters. The predicted octanol–water partition coefficient (Wildman–Crippen LogP) is 2.99. The summed E-state index contributed by atoms with van der Waals surface area (Å²) < 4.78 is 10.9. The lowest BCUT2D eigenvalue weighted by atomic mass is 10.1. The smallest absolute Gasteiger partial charge is 0.120 e. The molecule has 0 spiro atoms. The van der Waals surface area contributed by atoms with E-state index < -0.39 is 0 Å². The minimum Gasteiger partial charge on any atom is -0.497 e. The highest BCUT2D eigenvalue weighted by molar-refractivity contribution is 5.32. The molecule has 3 heteroatoms. The molecule has 0 radical (unpaired) electrons. The summed E-state index contributed by atoms with van der Waals surface area (Å²) >= 11 is 0. The lowest BCUT2D eigenvalue weighted by Crippen LogP contribution is -2.09. The Morgan fingerprint density at radius 3 is 2.16 bits per heavy atom. The Morgan fingerprint density at radius 2 is 1.53 bits per heavy atom. The molecule has 0 aliphatic carbocycles. The minimum atomic E-state index is 0.574. The Labute approximate surface area is 114 Å². The van der Waals surface area contributed by atoms with Crippen LogP contribution in [0.3, 0.4) is 0 Å². The fourth-order valence-electron chi connectivity index (χ4n) is 1.89. The summed E-state index contributed by atoms with van der Waals surface area (Å²) in [5, 5.41) is 3.17. The van der Waals surface area contributed by atoms with E-state index in [9.17, 15) is 0 Å². The Balaban J connectivity index is 2.01. The van der Waals surface area contributed by atoms with E-state index >= 15 is 0 Å². The maximum Gasteiger partial charge on any atom is 0.120 e. The van der Waals surface area contributed by atoms with Gasteiger partial charge in [-0.15, -0.1) is 0 Å². The number of benzene rings is 2. The summed E-state index contributed by atoms with van der Waals surface area (Å²) in [5.41, 5.74) is 2.46. The van der Waals surface area contributed by atoms with E-state index in [0.29, 0.717) is 6.61 Å². The van der Waals surface area contributed by atoms with Crippen LogP contribution in [0.25, 0.3) is 0 Å². The van der Waals surface area contributed by atoms with Crippen LogP contribution in [-0.2, 0) is 13.2 Å². The van der Waals surface area contributed by atoms with Gasteiger partial charge in [0.2, 0.25) is 0 Å². The standard InChI is InChI=1S/C16H19NO2/c1-17-11-13-5-3-4-6-14(13)12-19-16-9-7-15(18-2)8-10-16/h3-10,17H,11-12H2,1-2H3. The molecule has 2 rings (SSSR count). The van der Waals surface area contributed by atoms with Gasteiger partial charge in [0.15, 0.2) is 0 Å². The van der Waals surface area contributed by atoms with Gasteiger partial charge in [0.05, 0.1) is 7.11 Å². The summed E-state index contributed by atoms with van der Waals surface area (Å²) in [4.78, 5) is 0. The third-order valence-corrected chi connectivity index (χ3v) is 2.94. The number of nitrogens with one attached hydrogen (secondary N) is 1. The first-order valence-electron chi connectivity index (χ1n) is 6.31. The first-order chi connectivity index (χ1) is 9.33. The predicted molar refractivity (Wildman–Crippen MR) is 76.5 cm³/mol. The lowest BCUT2D eigenvalue weighted by Gasteiger charge is -2.11.